The number of anilines is 2. The lowest BCUT2D eigenvalue weighted by Crippen LogP contribution is -2.57. The van der Waals surface area contributed by atoms with E-state index < -0.39 is 5.82 Å². The molecule has 0 saturated carbocycles. The van der Waals surface area contributed by atoms with Crippen LogP contribution >= 0.6 is 11.6 Å². The fourth-order valence-corrected chi connectivity index (χ4v) is 6.08. The van der Waals surface area contributed by atoms with Gasteiger partial charge in [0.05, 0.1) is 29.6 Å². The number of nitrogens with zero attached hydrogens (tertiary/aromatic N) is 6. The smallest absolute Gasteiger partial charge is 0.320 e. The van der Waals surface area contributed by atoms with Crippen LogP contribution in [0.15, 0.2) is 48.9 Å². The molecule has 0 radical (unpaired) electrons. The number of aromatic nitrogens is 3. The van der Waals surface area contributed by atoms with Gasteiger partial charge in [0.15, 0.2) is 23.0 Å². The van der Waals surface area contributed by atoms with Crippen molar-refractivity contribution >= 4 is 40.7 Å². The third-order valence-corrected chi connectivity index (χ3v) is 8.72. The van der Waals surface area contributed by atoms with Crippen molar-refractivity contribution in [3.63, 3.8) is 0 Å². The number of carbonyl (C=O) groups is 2. The monoisotopic (exact) mass is 665 g/mol. The first-order chi connectivity index (χ1) is 22.8. The second-order valence-corrected chi connectivity index (χ2v) is 11.8. The summed E-state index contributed by atoms with van der Waals surface area (Å²) in [5.74, 6) is -0.219. The Bertz CT molecular complexity index is 1780. The lowest BCUT2D eigenvalue weighted by molar-refractivity contribution is -0.0157. The van der Waals surface area contributed by atoms with Crippen molar-refractivity contribution in [3.8, 4) is 17.0 Å². The van der Waals surface area contributed by atoms with Crippen molar-refractivity contribution in [2.24, 2.45) is 5.73 Å². The van der Waals surface area contributed by atoms with Gasteiger partial charge in [-0.15, -0.1) is 0 Å². The van der Waals surface area contributed by atoms with Crippen LogP contribution < -0.4 is 21.1 Å². The second-order valence-electron chi connectivity index (χ2n) is 11.4. The highest BCUT2D eigenvalue weighted by Crippen LogP contribution is 2.36. The number of nitrogens with one attached hydrogen (secondary N) is 2. The molecule has 13 nitrogen and oxygen atoms in total. The van der Waals surface area contributed by atoms with Crippen molar-refractivity contribution in [1.29, 1.82) is 0 Å². The highest BCUT2D eigenvalue weighted by Gasteiger charge is 2.31. The largest absolute Gasteiger partial charge is 0.475 e. The number of amides is 3. The Morgan fingerprint density at radius 2 is 1.89 bits per heavy atom. The number of hydrogen-bond donors (Lipinski definition) is 3. The highest BCUT2D eigenvalue weighted by molar-refractivity contribution is 6.33. The summed E-state index contributed by atoms with van der Waals surface area (Å²) >= 11 is 6.41. The summed E-state index contributed by atoms with van der Waals surface area (Å²) in [5, 5.41) is 6.02. The maximum atomic E-state index is 14.9. The lowest BCUT2D eigenvalue weighted by atomic mass is 10.1. The van der Waals surface area contributed by atoms with Crippen LogP contribution in [0.2, 0.25) is 5.02 Å². The van der Waals surface area contributed by atoms with Gasteiger partial charge < -0.3 is 35.2 Å². The summed E-state index contributed by atoms with van der Waals surface area (Å²) in [5.41, 5.74) is 9.37. The van der Waals surface area contributed by atoms with E-state index in [1.165, 1.54) is 6.07 Å². The number of nitrogens with two attached hydrogens (primary N) is 1. The van der Waals surface area contributed by atoms with E-state index in [0.29, 0.717) is 80.7 Å². The molecule has 4 heterocycles. The van der Waals surface area contributed by atoms with Gasteiger partial charge in [0.1, 0.15) is 6.73 Å². The minimum atomic E-state index is -0.656. The minimum Gasteiger partial charge on any atom is -0.475 e. The first kappa shape index (κ1) is 32.4. The second kappa shape index (κ2) is 14.1. The number of hydrogen-bond acceptors (Lipinski definition) is 9. The molecule has 47 heavy (non-hydrogen) atoms. The normalized spacial score (nSPS) is 16.9. The number of benzene rings is 2. The number of imidazole rings is 1. The Hall–Kier alpha value is -4.50. The maximum Gasteiger partial charge on any atom is 0.320 e. The molecule has 2 saturated heterocycles. The van der Waals surface area contributed by atoms with E-state index in [2.05, 4.69) is 20.6 Å². The van der Waals surface area contributed by atoms with Crippen LogP contribution in [0, 0.1) is 12.7 Å². The predicted octanol–water partition coefficient (Wildman–Crippen LogP) is 3.33. The molecule has 15 heteroatoms. The number of fused-ring (bicyclic) bond motifs is 1. The van der Waals surface area contributed by atoms with Gasteiger partial charge in [0.25, 0.3) is 5.91 Å². The van der Waals surface area contributed by atoms with Crippen molar-refractivity contribution in [1.82, 2.24) is 34.4 Å². The van der Waals surface area contributed by atoms with Crippen molar-refractivity contribution in [2.75, 3.05) is 71.5 Å². The number of carbonyl (C=O) groups excluding carboxylic acids is 2. The Morgan fingerprint density at radius 1 is 1.11 bits per heavy atom. The molecule has 248 valence electrons. The minimum absolute atomic E-state index is 0.0402. The van der Waals surface area contributed by atoms with Gasteiger partial charge in [-0.2, -0.15) is 0 Å². The molecule has 3 amide bonds. The van der Waals surface area contributed by atoms with Gasteiger partial charge in [-0.25, -0.2) is 19.2 Å². The summed E-state index contributed by atoms with van der Waals surface area (Å²) in [6.45, 7) is 5.70. The van der Waals surface area contributed by atoms with Gasteiger partial charge >= 0.3 is 6.03 Å². The Labute approximate surface area is 276 Å². The van der Waals surface area contributed by atoms with E-state index >= 15 is 0 Å². The molecule has 0 bridgehead atoms. The summed E-state index contributed by atoms with van der Waals surface area (Å²) in [7, 11) is 1.70. The number of ether oxygens (including phenoxy) is 2. The first-order valence-corrected chi connectivity index (χ1v) is 15.8. The molecular weight excluding hydrogens is 629 g/mol. The van der Waals surface area contributed by atoms with Crippen LogP contribution in [-0.4, -0.2) is 113 Å². The third-order valence-electron chi connectivity index (χ3n) is 8.35. The average molecular weight is 666 g/mol. The van der Waals surface area contributed by atoms with Gasteiger partial charge in [-0.05, 0) is 49.9 Å². The van der Waals surface area contributed by atoms with E-state index in [1.54, 1.807) is 56.9 Å². The fourth-order valence-electron chi connectivity index (χ4n) is 5.82. The number of aryl methyl sites for hydroxylation is 1. The summed E-state index contributed by atoms with van der Waals surface area (Å²) in [6, 6.07) is 8.66. The average Bonchev–Trinajstić information content (AvgIpc) is 3.53. The Morgan fingerprint density at radius 3 is 2.64 bits per heavy atom. The zero-order valence-corrected chi connectivity index (χ0v) is 27.0. The van der Waals surface area contributed by atoms with Crippen molar-refractivity contribution in [2.45, 2.75) is 13.0 Å². The van der Waals surface area contributed by atoms with E-state index in [1.807, 2.05) is 19.1 Å². The molecule has 6 rings (SSSR count). The van der Waals surface area contributed by atoms with Crippen molar-refractivity contribution < 1.29 is 23.5 Å². The SMILES string of the molecule is CNCOc1ccc(-c2cnc3c(Nc4ccc(C(=O)N5CCN(C(=O)N6CCO[C@H](CN)C6)CC5)c(C)c4)nccn23)c(Cl)c1F. The van der Waals surface area contributed by atoms with Gasteiger partial charge in [0, 0.05) is 75.0 Å². The van der Waals surface area contributed by atoms with Gasteiger partial charge in [-0.3, -0.25) is 14.5 Å². The number of urea groups is 1. The summed E-state index contributed by atoms with van der Waals surface area (Å²) < 4.78 is 27.7. The Balaban J connectivity index is 1.12. The van der Waals surface area contributed by atoms with E-state index in [-0.39, 0.29) is 35.5 Å². The number of rotatable bonds is 8. The fraction of sp³-hybridized carbons (Fsp3) is 0.375. The zero-order chi connectivity index (χ0) is 33.1. The standard InChI is InChI=1S/C32H37ClFN9O4/c1-20-15-21(3-4-23(20)31(44)40-9-11-41(12-10-40)32(45)42-13-14-46-22(16-35)18-42)39-29-30-38-17-25(43(30)8-7-37-29)24-5-6-26(47-19-36-2)28(34)27(24)33/h3-8,15,17,22,36H,9-14,16,18-19,35H2,1-2H3,(H,37,39)/t22-/m1/s1. The summed E-state index contributed by atoms with van der Waals surface area (Å²) in [4.78, 5) is 40.9. The Kier molecular flexibility index (Phi) is 9.73. The summed E-state index contributed by atoms with van der Waals surface area (Å²) in [6.07, 6.45) is 4.80. The van der Waals surface area contributed by atoms with E-state index in [0.717, 1.165) is 11.3 Å². The zero-order valence-electron chi connectivity index (χ0n) is 26.2. The van der Waals surface area contributed by atoms with E-state index in [9.17, 15) is 14.0 Å². The molecule has 2 aliphatic heterocycles. The molecule has 2 fully saturated rings. The molecule has 2 aliphatic rings. The molecule has 4 N–H and O–H groups in total. The van der Waals surface area contributed by atoms with Crippen LogP contribution in [0.1, 0.15) is 15.9 Å². The molecule has 0 aliphatic carbocycles. The molecule has 0 spiro atoms. The predicted molar refractivity (Wildman–Crippen MR) is 176 cm³/mol. The lowest BCUT2D eigenvalue weighted by Gasteiger charge is -2.40. The topological polar surface area (TPSA) is 143 Å². The highest BCUT2D eigenvalue weighted by atomic mass is 35.5. The molecule has 1 atom stereocenters. The van der Waals surface area contributed by atoms with Crippen LogP contribution in [0.4, 0.5) is 20.7 Å². The van der Waals surface area contributed by atoms with Crippen LogP contribution in [-0.2, 0) is 4.74 Å². The molecule has 0 unspecified atom stereocenters. The first-order valence-electron chi connectivity index (χ1n) is 15.4. The van der Waals surface area contributed by atoms with Crippen LogP contribution in [0.3, 0.4) is 0 Å². The van der Waals surface area contributed by atoms with E-state index in [4.69, 9.17) is 26.8 Å². The third kappa shape index (κ3) is 6.67. The maximum absolute atomic E-state index is 14.9. The van der Waals surface area contributed by atoms with Crippen LogP contribution in [0.25, 0.3) is 16.9 Å². The van der Waals surface area contributed by atoms with Crippen molar-refractivity contribution in [3.05, 3.63) is 70.9 Å². The van der Waals surface area contributed by atoms with Crippen LogP contribution in [0.5, 0.6) is 5.75 Å². The molecule has 4 aromatic rings. The quantitative estimate of drug-likeness (QED) is 0.242. The van der Waals surface area contributed by atoms with Gasteiger partial charge in [-0.1, -0.05) is 11.6 Å². The number of halogens is 2. The number of morpholine rings is 1. The molecular formula is C32H37ClFN9O4. The number of piperazine rings is 1. The molecule has 2 aromatic heterocycles. The van der Waals surface area contributed by atoms with Gasteiger partial charge in [0.2, 0.25) is 0 Å². The molecule has 2 aromatic carbocycles.